The molecule has 2 heterocycles. The number of imide groups is 1. The zero-order valence-corrected chi connectivity index (χ0v) is 18.0. The molecule has 2 amide bonds. The Morgan fingerprint density at radius 1 is 1.16 bits per heavy atom. The minimum atomic E-state index is -4.50. The lowest BCUT2D eigenvalue weighted by atomic mass is 10.1. The summed E-state index contributed by atoms with van der Waals surface area (Å²) in [7, 11) is 0. The Hall–Kier alpha value is -2.85. The van der Waals surface area contributed by atoms with Crippen LogP contribution in [0.5, 0.6) is 0 Å². The van der Waals surface area contributed by atoms with Crippen molar-refractivity contribution in [1.82, 2.24) is 15.2 Å². The van der Waals surface area contributed by atoms with E-state index in [0.29, 0.717) is 44.1 Å². The van der Waals surface area contributed by atoms with Gasteiger partial charge in [-0.3, -0.25) is 15.0 Å². The number of benzene rings is 1. The Bertz CT molecular complexity index is 962. The average molecular weight is 471 g/mol. The first-order valence-corrected chi connectivity index (χ1v) is 10.3. The van der Waals surface area contributed by atoms with Crippen molar-refractivity contribution in [1.29, 1.82) is 0 Å². The van der Waals surface area contributed by atoms with Gasteiger partial charge in [0.25, 0.3) is 5.91 Å². The third-order valence-electron chi connectivity index (χ3n) is 4.99. The molecule has 1 fully saturated rings. The van der Waals surface area contributed by atoms with Crippen molar-refractivity contribution in [3.8, 4) is 0 Å². The Labute approximate surface area is 188 Å². The molecule has 1 saturated heterocycles. The van der Waals surface area contributed by atoms with Crippen molar-refractivity contribution in [2.24, 2.45) is 0 Å². The van der Waals surface area contributed by atoms with Gasteiger partial charge in [-0.2, -0.15) is 13.2 Å². The summed E-state index contributed by atoms with van der Waals surface area (Å²) >= 11 is 6.01. The number of pyridine rings is 1. The van der Waals surface area contributed by atoms with Crippen LogP contribution in [0.2, 0.25) is 5.02 Å². The molecule has 1 aliphatic heterocycles. The molecule has 0 spiro atoms. The molecule has 1 aromatic heterocycles. The lowest BCUT2D eigenvalue weighted by Gasteiger charge is -2.35. The molecule has 2 aromatic rings. The SMILES string of the molecule is Cc1ccc(C(=O)NC(=O)OCCN2CCN(c3ncc(C(F)(F)F)cc3Cl)CC2)cc1. The zero-order chi connectivity index (χ0) is 23.3. The zero-order valence-electron chi connectivity index (χ0n) is 17.3. The average Bonchev–Trinajstić information content (AvgIpc) is 2.74. The predicted molar refractivity (Wildman–Crippen MR) is 113 cm³/mol. The number of aryl methyl sites for hydroxylation is 1. The molecule has 0 aliphatic carbocycles. The number of alkyl carbamates (subject to hydrolysis) is 1. The summed E-state index contributed by atoms with van der Waals surface area (Å²) in [5.74, 6) is -0.228. The molecule has 0 bridgehead atoms. The number of carbonyl (C=O) groups is 2. The van der Waals surface area contributed by atoms with E-state index < -0.39 is 23.7 Å². The van der Waals surface area contributed by atoms with Gasteiger partial charge in [-0.05, 0) is 25.1 Å². The maximum absolute atomic E-state index is 12.8. The number of aromatic nitrogens is 1. The Kier molecular flexibility index (Phi) is 7.57. The number of ether oxygens (including phenoxy) is 1. The fraction of sp³-hybridized carbons (Fsp3) is 0.381. The summed E-state index contributed by atoms with van der Waals surface area (Å²) in [6.45, 7) is 4.63. The molecular formula is C21H22ClF3N4O3. The fourth-order valence-electron chi connectivity index (χ4n) is 3.18. The molecule has 11 heteroatoms. The van der Waals surface area contributed by atoms with Crippen molar-refractivity contribution in [2.75, 3.05) is 44.2 Å². The third kappa shape index (κ3) is 6.33. The molecule has 0 radical (unpaired) electrons. The highest BCUT2D eigenvalue weighted by molar-refractivity contribution is 6.33. The normalized spacial score (nSPS) is 14.8. The van der Waals surface area contributed by atoms with Crippen LogP contribution < -0.4 is 10.2 Å². The van der Waals surface area contributed by atoms with Gasteiger partial charge in [0.1, 0.15) is 12.4 Å². The van der Waals surface area contributed by atoms with Gasteiger partial charge in [0.2, 0.25) is 0 Å². The maximum atomic E-state index is 12.8. The molecule has 32 heavy (non-hydrogen) atoms. The summed E-state index contributed by atoms with van der Waals surface area (Å²) in [6, 6.07) is 7.66. The highest BCUT2D eigenvalue weighted by Crippen LogP contribution is 2.33. The highest BCUT2D eigenvalue weighted by Gasteiger charge is 2.32. The number of alkyl halides is 3. The van der Waals surface area contributed by atoms with Crippen LogP contribution >= 0.6 is 11.6 Å². The summed E-state index contributed by atoms with van der Waals surface area (Å²) < 4.78 is 43.4. The van der Waals surface area contributed by atoms with E-state index in [1.165, 1.54) is 0 Å². The van der Waals surface area contributed by atoms with Gasteiger partial charge in [-0.1, -0.05) is 29.3 Å². The van der Waals surface area contributed by atoms with E-state index in [1.54, 1.807) is 24.3 Å². The standard InChI is InChI=1S/C21H22ClF3N4O3/c1-14-2-4-15(5-3-14)19(30)27-20(31)32-11-10-28-6-8-29(9-7-28)18-17(22)12-16(13-26-18)21(23,24)25/h2-5,12-13H,6-11H2,1H3,(H,27,30,31). The Morgan fingerprint density at radius 2 is 1.81 bits per heavy atom. The van der Waals surface area contributed by atoms with Crippen LogP contribution in [0.4, 0.5) is 23.8 Å². The quantitative estimate of drug-likeness (QED) is 0.717. The van der Waals surface area contributed by atoms with Crippen molar-refractivity contribution >= 4 is 29.4 Å². The largest absolute Gasteiger partial charge is 0.448 e. The third-order valence-corrected chi connectivity index (χ3v) is 5.27. The molecule has 3 rings (SSSR count). The van der Waals surface area contributed by atoms with E-state index in [9.17, 15) is 22.8 Å². The number of halogens is 4. The minimum Gasteiger partial charge on any atom is -0.448 e. The van der Waals surface area contributed by atoms with E-state index in [2.05, 4.69) is 10.3 Å². The summed E-state index contributed by atoms with van der Waals surface area (Å²) in [6.07, 6.45) is -4.54. The number of nitrogens with one attached hydrogen (secondary N) is 1. The summed E-state index contributed by atoms with van der Waals surface area (Å²) in [5, 5.41) is 2.12. The molecule has 0 unspecified atom stereocenters. The van der Waals surface area contributed by atoms with Crippen molar-refractivity contribution in [3.63, 3.8) is 0 Å². The summed E-state index contributed by atoms with van der Waals surface area (Å²) in [4.78, 5) is 31.5. The Morgan fingerprint density at radius 3 is 2.41 bits per heavy atom. The van der Waals surface area contributed by atoms with E-state index in [1.807, 2.05) is 16.7 Å². The van der Waals surface area contributed by atoms with Crippen LogP contribution in [0.25, 0.3) is 0 Å². The summed E-state index contributed by atoms with van der Waals surface area (Å²) in [5.41, 5.74) is 0.473. The molecule has 7 nitrogen and oxygen atoms in total. The van der Waals surface area contributed by atoms with Crippen LogP contribution in [-0.2, 0) is 10.9 Å². The van der Waals surface area contributed by atoms with Gasteiger partial charge in [0.15, 0.2) is 0 Å². The second-order valence-electron chi connectivity index (χ2n) is 7.31. The molecule has 0 atom stereocenters. The molecule has 1 N–H and O–H groups in total. The fourth-order valence-corrected chi connectivity index (χ4v) is 3.46. The van der Waals surface area contributed by atoms with Crippen LogP contribution in [0.1, 0.15) is 21.5 Å². The number of hydrogen-bond acceptors (Lipinski definition) is 6. The Balaban J connectivity index is 1.40. The van der Waals surface area contributed by atoms with Crippen molar-refractivity contribution < 1.29 is 27.5 Å². The first-order valence-electron chi connectivity index (χ1n) is 9.88. The van der Waals surface area contributed by atoms with Gasteiger partial charge in [-0.15, -0.1) is 0 Å². The lowest BCUT2D eigenvalue weighted by Crippen LogP contribution is -2.48. The van der Waals surface area contributed by atoms with Crippen LogP contribution in [0, 0.1) is 6.92 Å². The number of hydrogen-bond donors (Lipinski definition) is 1. The number of nitrogens with zero attached hydrogens (tertiary/aromatic N) is 3. The van der Waals surface area contributed by atoms with Gasteiger partial charge in [0, 0.05) is 44.5 Å². The minimum absolute atomic E-state index is 0.0495. The molecule has 172 valence electrons. The monoisotopic (exact) mass is 470 g/mol. The van der Waals surface area contributed by atoms with Gasteiger partial charge in [0.05, 0.1) is 10.6 Å². The van der Waals surface area contributed by atoms with E-state index in [4.69, 9.17) is 16.3 Å². The first kappa shape index (κ1) is 23.8. The van der Waals surface area contributed by atoms with E-state index in [0.717, 1.165) is 17.8 Å². The first-order chi connectivity index (χ1) is 15.1. The second-order valence-corrected chi connectivity index (χ2v) is 7.72. The lowest BCUT2D eigenvalue weighted by molar-refractivity contribution is -0.137. The molecule has 0 saturated carbocycles. The van der Waals surface area contributed by atoms with Crippen molar-refractivity contribution in [2.45, 2.75) is 13.1 Å². The van der Waals surface area contributed by atoms with Gasteiger partial charge >= 0.3 is 12.3 Å². The number of amides is 2. The highest BCUT2D eigenvalue weighted by atomic mass is 35.5. The van der Waals surface area contributed by atoms with Gasteiger partial charge < -0.3 is 9.64 Å². The van der Waals surface area contributed by atoms with Gasteiger partial charge in [-0.25, -0.2) is 9.78 Å². The van der Waals surface area contributed by atoms with Crippen LogP contribution in [0.15, 0.2) is 36.5 Å². The smallest absolute Gasteiger partial charge is 0.417 e. The van der Waals surface area contributed by atoms with Crippen LogP contribution in [-0.4, -0.2) is 61.2 Å². The number of rotatable bonds is 5. The number of carbonyl (C=O) groups excluding carboxylic acids is 2. The van der Waals surface area contributed by atoms with E-state index in [-0.39, 0.29) is 11.6 Å². The maximum Gasteiger partial charge on any atom is 0.417 e. The molecule has 1 aliphatic rings. The number of piperazine rings is 1. The molecular weight excluding hydrogens is 449 g/mol. The van der Waals surface area contributed by atoms with Crippen LogP contribution in [0.3, 0.4) is 0 Å². The van der Waals surface area contributed by atoms with Crippen molar-refractivity contribution in [3.05, 3.63) is 58.2 Å². The molecule has 1 aromatic carbocycles. The topological polar surface area (TPSA) is 74.8 Å². The number of anilines is 1. The predicted octanol–water partition coefficient (Wildman–Crippen LogP) is 3.75. The second kappa shape index (κ2) is 10.2. The van der Waals surface area contributed by atoms with E-state index >= 15 is 0 Å².